The predicted molar refractivity (Wildman–Crippen MR) is 89.0 cm³/mol. The first kappa shape index (κ1) is 13.9. The molecular formula is C16H13N4O2P. The van der Waals surface area contributed by atoms with Crippen molar-refractivity contribution in [3.8, 4) is 11.6 Å². The second-order valence-corrected chi connectivity index (χ2v) is 5.69. The van der Waals surface area contributed by atoms with E-state index < -0.39 is 0 Å². The lowest BCUT2D eigenvalue weighted by Gasteiger charge is -2.05. The number of oxazole rings is 1. The van der Waals surface area contributed by atoms with E-state index in [4.69, 9.17) is 9.15 Å². The molecule has 23 heavy (non-hydrogen) atoms. The Morgan fingerprint density at radius 1 is 1.13 bits per heavy atom. The van der Waals surface area contributed by atoms with Crippen LogP contribution in [-0.2, 0) is 6.54 Å². The van der Waals surface area contributed by atoms with Crippen LogP contribution in [0.3, 0.4) is 0 Å². The number of nitrogens with zero attached hydrogens (tertiary/aromatic N) is 4. The second-order valence-electron chi connectivity index (χ2n) is 5.02. The van der Waals surface area contributed by atoms with Gasteiger partial charge in [0.25, 0.3) is 0 Å². The smallest absolute Gasteiger partial charge is 0.219 e. The Labute approximate surface area is 134 Å². The van der Waals surface area contributed by atoms with Crippen LogP contribution in [0.1, 0.15) is 5.76 Å². The summed E-state index contributed by atoms with van der Waals surface area (Å²) in [7, 11) is 2.64. The molecule has 1 atom stereocenters. The van der Waals surface area contributed by atoms with Crippen molar-refractivity contribution in [2.75, 3.05) is 0 Å². The number of fused-ring (bicyclic) bond motifs is 1. The molecule has 3 aromatic heterocycles. The average molecular weight is 324 g/mol. The standard InChI is InChI=1S/C16H13N4O2P/c23-14-3-1-12(2-4-14)22-16-5-11-6-19-20(15(11)8-18-16)9-13-7-17-10-21-13/h1-8,10H,9,23H2. The fraction of sp³-hybridized carbons (Fsp3) is 0.0625. The van der Waals surface area contributed by atoms with Crippen LogP contribution in [0, 0.1) is 0 Å². The summed E-state index contributed by atoms with van der Waals surface area (Å²) in [6.45, 7) is 0.515. The molecule has 0 fully saturated rings. The summed E-state index contributed by atoms with van der Waals surface area (Å²) in [5.41, 5.74) is 0.911. The van der Waals surface area contributed by atoms with E-state index in [9.17, 15) is 0 Å². The topological polar surface area (TPSA) is 66.0 Å². The Bertz CT molecular complexity index is 933. The first-order valence-electron chi connectivity index (χ1n) is 7.00. The highest BCUT2D eigenvalue weighted by molar-refractivity contribution is 7.27. The van der Waals surface area contributed by atoms with Crippen molar-refractivity contribution >= 4 is 25.4 Å². The molecule has 0 spiro atoms. The Morgan fingerprint density at radius 3 is 2.78 bits per heavy atom. The van der Waals surface area contributed by atoms with Crippen LogP contribution in [-0.4, -0.2) is 19.7 Å². The molecule has 3 heterocycles. The van der Waals surface area contributed by atoms with Gasteiger partial charge in [0.05, 0.1) is 24.1 Å². The highest BCUT2D eigenvalue weighted by atomic mass is 31.0. The molecule has 1 unspecified atom stereocenters. The molecule has 0 radical (unpaired) electrons. The number of pyridine rings is 1. The van der Waals surface area contributed by atoms with E-state index in [2.05, 4.69) is 24.3 Å². The molecule has 6 nitrogen and oxygen atoms in total. The van der Waals surface area contributed by atoms with E-state index in [0.29, 0.717) is 12.4 Å². The number of aromatic nitrogens is 4. The molecule has 0 N–H and O–H groups in total. The molecule has 1 aromatic carbocycles. The normalized spacial score (nSPS) is 11.0. The summed E-state index contributed by atoms with van der Waals surface area (Å²) in [5, 5.41) is 6.42. The summed E-state index contributed by atoms with van der Waals surface area (Å²) in [6.07, 6.45) is 6.61. The number of benzene rings is 1. The number of ether oxygens (including phenoxy) is 1. The van der Waals surface area contributed by atoms with Crippen molar-refractivity contribution in [1.82, 2.24) is 19.7 Å². The Hall–Kier alpha value is -2.72. The lowest BCUT2D eigenvalue weighted by molar-refractivity contribution is 0.463. The van der Waals surface area contributed by atoms with Crippen molar-refractivity contribution in [1.29, 1.82) is 0 Å². The number of hydrogen-bond acceptors (Lipinski definition) is 5. The van der Waals surface area contributed by atoms with Crippen LogP contribution in [0.4, 0.5) is 0 Å². The molecule has 114 valence electrons. The molecule has 0 aliphatic carbocycles. The maximum atomic E-state index is 5.77. The Balaban J connectivity index is 1.60. The molecule has 0 amide bonds. The zero-order valence-corrected chi connectivity index (χ0v) is 13.2. The van der Waals surface area contributed by atoms with E-state index in [1.165, 1.54) is 6.39 Å². The van der Waals surface area contributed by atoms with Gasteiger partial charge in [-0.25, -0.2) is 9.97 Å². The molecular weight excluding hydrogens is 311 g/mol. The van der Waals surface area contributed by atoms with Crippen LogP contribution in [0.2, 0.25) is 0 Å². The molecule has 4 aromatic rings. The first-order valence-corrected chi connectivity index (χ1v) is 7.58. The quantitative estimate of drug-likeness (QED) is 0.540. The molecule has 0 saturated heterocycles. The van der Waals surface area contributed by atoms with Gasteiger partial charge in [-0.3, -0.25) is 4.68 Å². The second kappa shape index (κ2) is 5.82. The third-order valence-corrected chi connectivity index (χ3v) is 3.78. The lowest BCUT2D eigenvalue weighted by Crippen LogP contribution is -2.00. The molecule has 0 aliphatic rings. The number of rotatable bonds is 4. The van der Waals surface area contributed by atoms with E-state index in [-0.39, 0.29) is 0 Å². The van der Waals surface area contributed by atoms with Crippen LogP contribution < -0.4 is 10.0 Å². The van der Waals surface area contributed by atoms with Crippen molar-refractivity contribution in [3.63, 3.8) is 0 Å². The summed E-state index contributed by atoms with van der Waals surface area (Å²) >= 11 is 0. The summed E-state index contributed by atoms with van der Waals surface area (Å²) in [4.78, 5) is 8.26. The van der Waals surface area contributed by atoms with Gasteiger partial charge in [0, 0.05) is 11.5 Å². The van der Waals surface area contributed by atoms with Gasteiger partial charge in [0.2, 0.25) is 5.88 Å². The number of hydrogen-bond donors (Lipinski definition) is 0. The van der Waals surface area contributed by atoms with Gasteiger partial charge in [0.15, 0.2) is 6.39 Å². The van der Waals surface area contributed by atoms with E-state index in [1.54, 1.807) is 18.6 Å². The van der Waals surface area contributed by atoms with Crippen molar-refractivity contribution < 1.29 is 9.15 Å². The maximum Gasteiger partial charge on any atom is 0.219 e. The van der Waals surface area contributed by atoms with Crippen LogP contribution >= 0.6 is 9.24 Å². The van der Waals surface area contributed by atoms with E-state index in [0.717, 1.165) is 27.7 Å². The van der Waals surface area contributed by atoms with Gasteiger partial charge in [-0.05, 0) is 17.4 Å². The zero-order valence-electron chi connectivity index (χ0n) is 12.1. The maximum absolute atomic E-state index is 5.77. The summed E-state index contributed by atoms with van der Waals surface area (Å²) < 4.78 is 12.8. The predicted octanol–water partition coefficient (Wildman–Crippen LogP) is 2.76. The van der Waals surface area contributed by atoms with E-state index >= 15 is 0 Å². The molecule has 4 rings (SSSR count). The molecule has 0 saturated carbocycles. The van der Waals surface area contributed by atoms with Gasteiger partial charge < -0.3 is 9.15 Å². The monoisotopic (exact) mass is 324 g/mol. The lowest BCUT2D eigenvalue weighted by atomic mass is 10.3. The minimum atomic E-state index is 0.515. The van der Waals surface area contributed by atoms with Gasteiger partial charge in [-0.1, -0.05) is 12.1 Å². The van der Waals surface area contributed by atoms with Crippen molar-refractivity contribution in [2.45, 2.75) is 6.54 Å². The SMILES string of the molecule is Pc1ccc(Oc2cc3cnn(Cc4cnco4)c3cn2)cc1. The van der Waals surface area contributed by atoms with Crippen LogP contribution in [0.15, 0.2) is 59.7 Å². The highest BCUT2D eigenvalue weighted by Crippen LogP contribution is 2.23. The van der Waals surface area contributed by atoms with Gasteiger partial charge in [0.1, 0.15) is 18.1 Å². The molecule has 7 heteroatoms. The van der Waals surface area contributed by atoms with Gasteiger partial charge in [-0.15, -0.1) is 9.24 Å². The van der Waals surface area contributed by atoms with Gasteiger partial charge >= 0.3 is 0 Å². The zero-order chi connectivity index (χ0) is 15.6. The van der Waals surface area contributed by atoms with Crippen molar-refractivity contribution in [3.05, 3.63) is 61.1 Å². The largest absolute Gasteiger partial charge is 0.447 e. The first-order chi connectivity index (χ1) is 11.3. The fourth-order valence-corrected chi connectivity index (χ4v) is 2.46. The Morgan fingerprint density at radius 2 is 2.00 bits per heavy atom. The molecule has 0 aliphatic heterocycles. The highest BCUT2D eigenvalue weighted by Gasteiger charge is 2.08. The molecule has 0 bridgehead atoms. The summed E-state index contributed by atoms with van der Waals surface area (Å²) in [5.74, 6) is 2.03. The van der Waals surface area contributed by atoms with E-state index in [1.807, 2.05) is 35.0 Å². The average Bonchev–Trinajstić information content (AvgIpc) is 3.20. The summed E-state index contributed by atoms with van der Waals surface area (Å²) in [6, 6.07) is 9.61. The minimum absolute atomic E-state index is 0.515. The van der Waals surface area contributed by atoms with Crippen LogP contribution in [0.25, 0.3) is 10.9 Å². The third-order valence-electron chi connectivity index (χ3n) is 3.39. The van der Waals surface area contributed by atoms with Crippen LogP contribution in [0.5, 0.6) is 11.6 Å². The minimum Gasteiger partial charge on any atom is -0.447 e. The van der Waals surface area contributed by atoms with Crippen molar-refractivity contribution in [2.24, 2.45) is 0 Å². The van der Waals surface area contributed by atoms with Gasteiger partial charge in [-0.2, -0.15) is 5.10 Å². The third kappa shape index (κ3) is 2.94. The fourth-order valence-electron chi connectivity index (χ4n) is 2.26. The Kier molecular flexibility index (Phi) is 3.52.